The molecule has 0 spiro atoms. The number of fused-ring (bicyclic) bond motifs is 1. The van der Waals surface area contributed by atoms with E-state index < -0.39 is 24.5 Å². The molecule has 1 N–H and O–H groups in total. The first-order valence-corrected chi connectivity index (χ1v) is 5.88. The van der Waals surface area contributed by atoms with E-state index in [1.165, 1.54) is 17.7 Å². The molecule has 21 heavy (non-hydrogen) atoms. The van der Waals surface area contributed by atoms with Crippen molar-refractivity contribution >= 4 is 11.0 Å². The Balaban J connectivity index is 2.24. The van der Waals surface area contributed by atoms with Crippen LogP contribution in [0.2, 0.25) is 0 Å². The van der Waals surface area contributed by atoms with Crippen LogP contribution in [-0.2, 0) is 19.8 Å². The Morgan fingerprint density at radius 1 is 1.14 bits per heavy atom. The standard InChI is InChI=1S/C12H11F6N3/c1-21-9-3-2-7(12(16,17)18)4-8(9)20-10(21)5-19-6-11(13,14)15/h2-4,19H,5-6H2,1H3. The molecule has 0 amide bonds. The van der Waals surface area contributed by atoms with Gasteiger partial charge in [-0.25, -0.2) is 4.98 Å². The van der Waals surface area contributed by atoms with Crippen LogP contribution in [0, 0.1) is 0 Å². The highest BCUT2D eigenvalue weighted by molar-refractivity contribution is 5.77. The molecule has 0 aliphatic carbocycles. The average Bonchev–Trinajstić information content (AvgIpc) is 2.63. The second kappa shape index (κ2) is 5.21. The number of benzene rings is 1. The highest BCUT2D eigenvalue weighted by Crippen LogP contribution is 2.31. The van der Waals surface area contributed by atoms with Crippen molar-refractivity contribution in [3.05, 3.63) is 29.6 Å². The number of rotatable bonds is 3. The summed E-state index contributed by atoms with van der Waals surface area (Å²) >= 11 is 0. The predicted octanol–water partition coefficient (Wildman–Crippen LogP) is 3.24. The molecule has 0 radical (unpaired) electrons. The minimum absolute atomic E-state index is 0.0936. The van der Waals surface area contributed by atoms with Crippen LogP contribution in [0.4, 0.5) is 26.3 Å². The monoisotopic (exact) mass is 311 g/mol. The number of alkyl halides is 6. The zero-order chi connectivity index (χ0) is 15.8. The summed E-state index contributed by atoms with van der Waals surface area (Å²) in [4.78, 5) is 3.94. The number of halogens is 6. The zero-order valence-corrected chi connectivity index (χ0v) is 10.8. The zero-order valence-electron chi connectivity index (χ0n) is 10.8. The minimum Gasteiger partial charge on any atom is -0.330 e. The van der Waals surface area contributed by atoms with E-state index in [-0.39, 0.29) is 17.9 Å². The van der Waals surface area contributed by atoms with Crippen molar-refractivity contribution < 1.29 is 26.3 Å². The summed E-state index contributed by atoms with van der Waals surface area (Å²) in [5, 5.41) is 2.16. The molecular weight excluding hydrogens is 300 g/mol. The lowest BCUT2D eigenvalue weighted by Gasteiger charge is -2.08. The van der Waals surface area contributed by atoms with Crippen LogP contribution in [0.5, 0.6) is 0 Å². The molecule has 0 aliphatic rings. The first kappa shape index (κ1) is 15.6. The molecule has 116 valence electrons. The second-order valence-corrected chi connectivity index (χ2v) is 4.51. The Labute approximate surface area is 115 Å². The van der Waals surface area contributed by atoms with Crippen LogP contribution >= 0.6 is 0 Å². The van der Waals surface area contributed by atoms with Crippen molar-refractivity contribution in [3.63, 3.8) is 0 Å². The van der Waals surface area contributed by atoms with Gasteiger partial charge in [0.05, 0.1) is 29.7 Å². The maximum Gasteiger partial charge on any atom is 0.416 e. The van der Waals surface area contributed by atoms with Crippen LogP contribution in [0.25, 0.3) is 11.0 Å². The third-order valence-electron chi connectivity index (χ3n) is 2.91. The van der Waals surface area contributed by atoms with Gasteiger partial charge >= 0.3 is 12.4 Å². The average molecular weight is 311 g/mol. The van der Waals surface area contributed by atoms with Crippen molar-refractivity contribution in [2.45, 2.75) is 18.9 Å². The quantitative estimate of drug-likeness (QED) is 0.882. The van der Waals surface area contributed by atoms with Gasteiger partial charge in [0.1, 0.15) is 5.82 Å². The summed E-state index contributed by atoms with van der Waals surface area (Å²) < 4.78 is 75.3. The summed E-state index contributed by atoms with van der Waals surface area (Å²) in [6.45, 7) is -1.38. The molecule has 3 nitrogen and oxygen atoms in total. The Morgan fingerprint density at radius 3 is 2.38 bits per heavy atom. The van der Waals surface area contributed by atoms with Gasteiger partial charge < -0.3 is 9.88 Å². The van der Waals surface area contributed by atoms with Crippen LogP contribution in [0.3, 0.4) is 0 Å². The molecule has 2 rings (SSSR count). The topological polar surface area (TPSA) is 29.9 Å². The first-order chi connectivity index (χ1) is 9.58. The number of nitrogens with one attached hydrogen (secondary N) is 1. The maximum atomic E-state index is 12.6. The highest BCUT2D eigenvalue weighted by atomic mass is 19.4. The largest absolute Gasteiger partial charge is 0.416 e. The summed E-state index contributed by atoms with van der Waals surface area (Å²) in [5.41, 5.74) is -0.328. The molecule has 0 atom stereocenters. The van der Waals surface area contributed by atoms with Gasteiger partial charge in [0.15, 0.2) is 0 Å². The maximum absolute atomic E-state index is 12.6. The fourth-order valence-corrected chi connectivity index (χ4v) is 1.90. The van der Waals surface area contributed by atoms with E-state index in [9.17, 15) is 26.3 Å². The molecule has 1 heterocycles. The fraction of sp³-hybridized carbons (Fsp3) is 0.417. The van der Waals surface area contributed by atoms with Crippen LogP contribution in [0.15, 0.2) is 18.2 Å². The predicted molar refractivity (Wildman–Crippen MR) is 63.5 cm³/mol. The molecule has 1 aromatic heterocycles. The van der Waals surface area contributed by atoms with E-state index >= 15 is 0 Å². The number of aryl methyl sites for hydroxylation is 1. The summed E-state index contributed by atoms with van der Waals surface area (Å²) in [6.07, 6.45) is -8.84. The summed E-state index contributed by atoms with van der Waals surface area (Å²) in [5.74, 6) is 0.230. The third kappa shape index (κ3) is 3.66. The minimum atomic E-state index is -4.49. The molecule has 0 saturated heterocycles. The van der Waals surface area contributed by atoms with Gasteiger partial charge in [-0.05, 0) is 18.2 Å². The normalized spacial score (nSPS) is 13.1. The Kier molecular flexibility index (Phi) is 3.87. The van der Waals surface area contributed by atoms with Gasteiger partial charge in [-0.15, -0.1) is 0 Å². The number of imidazole rings is 1. The lowest BCUT2D eigenvalue weighted by atomic mass is 10.2. The van der Waals surface area contributed by atoms with Crippen molar-refractivity contribution in [3.8, 4) is 0 Å². The number of aromatic nitrogens is 2. The Hall–Kier alpha value is -1.77. The first-order valence-electron chi connectivity index (χ1n) is 5.88. The van der Waals surface area contributed by atoms with Gasteiger partial charge in [0, 0.05) is 7.05 Å². The molecular formula is C12H11F6N3. The van der Waals surface area contributed by atoms with E-state index in [1.807, 2.05) is 0 Å². The third-order valence-corrected chi connectivity index (χ3v) is 2.91. The molecule has 0 bridgehead atoms. The Bertz CT molecular complexity index is 641. The summed E-state index contributed by atoms with van der Waals surface area (Å²) in [7, 11) is 1.53. The van der Waals surface area contributed by atoms with E-state index in [4.69, 9.17) is 0 Å². The van der Waals surface area contributed by atoms with Crippen molar-refractivity contribution in [2.75, 3.05) is 6.54 Å². The highest BCUT2D eigenvalue weighted by Gasteiger charge is 2.31. The van der Waals surface area contributed by atoms with Gasteiger partial charge in [0.2, 0.25) is 0 Å². The molecule has 0 unspecified atom stereocenters. The molecule has 1 aromatic carbocycles. The van der Waals surface area contributed by atoms with Gasteiger partial charge in [-0.2, -0.15) is 26.3 Å². The molecule has 2 aromatic rings. The number of nitrogens with zero attached hydrogens (tertiary/aromatic N) is 2. The van der Waals surface area contributed by atoms with E-state index in [1.54, 1.807) is 0 Å². The van der Waals surface area contributed by atoms with Crippen molar-refractivity contribution in [1.29, 1.82) is 0 Å². The van der Waals surface area contributed by atoms with E-state index in [2.05, 4.69) is 10.3 Å². The smallest absolute Gasteiger partial charge is 0.330 e. The van der Waals surface area contributed by atoms with Crippen LogP contribution in [-0.4, -0.2) is 22.3 Å². The van der Waals surface area contributed by atoms with Crippen molar-refractivity contribution in [2.24, 2.45) is 7.05 Å². The van der Waals surface area contributed by atoms with Gasteiger partial charge in [-0.3, -0.25) is 0 Å². The lowest BCUT2D eigenvalue weighted by Crippen LogP contribution is -2.29. The number of hydrogen-bond donors (Lipinski definition) is 1. The van der Waals surface area contributed by atoms with E-state index in [0.29, 0.717) is 5.52 Å². The van der Waals surface area contributed by atoms with Crippen LogP contribution < -0.4 is 5.32 Å². The van der Waals surface area contributed by atoms with Crippen LogP contribution in [0.1, 0.15) is 11.4 Å². The lowest BCUT2D eigenvalue weighted by molar-refractivity contribution is -0.137. The SMILES string of the molecule is Cn1c(CNCC(F)(F)F)nc2cc(C(F)(F)F)ccc21. The Morgan fingerprint density at radius 2 is 1.81 bits per heavy atom. The summed E-state index contributed by atoms with van der Waals surface area (Å²) in [6, 6.07) is 3.04. The molecule has 9 heteroatoms. The van der Waals surface area contributed by atoms with Gasteiger partial charge in [0.25, 0.3) is 0 Å². The molecule has 0 aliphatic heterocycles. The molecule has 0 fully saturated rings. The fourth-order valence-electron chi connectivity index (χ4n) is 1.90. The number of hydrogen-bond acceptors (Lipinski definition) is 2. The second-order valence-electron chi connectivity index (χ2n) is 4.51. The van der Waals surface area contributed by atoms with Crippen molar-refractivity contribution in [1.82, 2.24) is 14.9 Å². The van der Waals surface area contributed by atoms with Gasteiger partial charge in [-0.1, -0.05) is 0 Å². The molecule has 0 saturated carbocycles. The van der Waals surface area contributed by atoms with E-state index in [0.717, 1.165) is 12.1 Å².